The summed E-state index contributed by atoms with van der Waals surface area (Å²) in [5.74, 6) is -1.81. The lowest BCUT2D eigenvalue weighted by Gasteiger charge is -2.09. The molecule has 126 valence electrons. The Morgan fingerprint density at radius 2 is 2.12 bits per heavy atom. The highest BCUT2D eigenvalue weighted by atomic mass is 32.2. The summed E-state index contributed by atoms with van der Waals surface area (Å²) in [5.41, 5.74) is 0.00842. The second-order valence-corrected chi connectivity index (χ2v) is 7.51. The Hall–Kier alpha value is -2.86. The maximum atomic E-state index is 12.0. The van der Waals surface area contributed by atoms with Crippen LogP contribution in [-0.2, 0) is 14.6 Å². The molecule has 1 aliphatic heterocycles. The van der Waals surface area contributed by atoms with E-state index in [-0.39, 0.29) is 34.4 Å². The first kappa shape index (κ1) is 17.5. The van der Waals surface area contributed by atoms with Gasteiger partial charge in [0, 0.05) is 17.9 Å². The molecule has 1 aliphatic rings. The number of amides is 1. The number of sulfone groups is 1. The van der Waals surface area contributed by atoms with Crippen LogP contribution in [0.2, 0.25) is 0 Å². The summed E-state index contributed by atoms with van der Waals surface area (Å²) in [6.45, 7) is 0. The van der Waals surface area contributed by atoms with Gasteiger partial charge in [-0.3, -0.25) is 4.79 Å². The number of carbonyl (C=O) groups excluding carboxylic acids is 1. The van der Waals surface area contributed by atoms with E-state index in [2.05, 4.69) is 10.6 Å². The number of anilines is 1. The summed E-state index contributed by atoms with van der Waals surface area (Å²) in [6, 6.07) is 7.00. The zero-order valence-corrected chi connectivity index (χ0v) is 13.3. The molecule has 0 spiro atoms. The third kappa shape index (κ3) is 4.57. The van der Waals surface area contributed by atoms with Crippen molar-refractivity contribution in [1.29, 1.82) is 5.26 Å². The second-order valence-electron chi connectivity index (χ2n) is 5.28. The molecule has 1 amide bonds. The fourth-order valence-corrected chi connectivity index (χ4v) is 3.89. The molecular weight excluding hydrogens is 334 g/mol. The number of nitrogens with one attached hydrogen (secondary N) is 2. The Balaban J connectivity index is 2.04. The summed E-state index contributed by atoms with van der Waals surface area (Å²) in [6.07, 6.45) is 1.60. The fraction of sp³-hybridized carbons (Fsp3) is 0.267. The van der Waals surface area contributed by atoms with Gasteiger partial charge in [-0.15, -0.1) is 0 Å². The third-order valence-corrected chi connectivity index (χ3v) is 5.20. The van der Waals surface area contributed by atoms with Crippen molar-refractivity contribution in [3.63, 3.8) is 0 Å². The topological polar surface area (TPSA) is 136 Å². The van der Waals surface area contributed by atoms with Crippen molar-refractivity contribution in [3.05, 3.63) is 41.6 Å². The Morgan fingerprint density at radius 1 is 1.38 bits per heavy atom. The number of aromatic carboxylic acids is 1. The molecular formula is C15H15N3O5S. The van der Waals surface area contributed by atoms with Crippen LogP contribution in [0.5, 0.6) is 0 Å². The van der Waals surface area contributed by atoms with Crippen LogP contribution in [0.3, 0.4) is 0 Å². The lowest BCUT2D eigenvalue weighted by Crippen LogP contribution is -2.27. The van der Waals surface area contributed by atoms with Gasteiger partial charge in [0.05, 0.1) is 17.1 Å². The molecule has 1 atom stereocenters. The molecule has 2 rings (SSSR count). The van der Waals surface area contributed by atoms with E-state index in [4.69, 9.17) is 10.4 Å². The van der Waals surface area contributed by atoms with Gasteiger partial charge in [-0.2, -0.15) is 5.26 Å². The van der Waals surface area contributed by atoms with E-state index in [9.17, 15) is 18.0 Å². The van der Waals surface area contributed by atoms with Gasteiger partial charge >= 0.3 is 5.97 Å². The van der Waals surface area contributed by atoms with Gasteiger partial charge < -0.3 is 15.7 Å². The van der Waals surface area contributed by atoms with Gasteiger partial charge in [0.15, 0.2) is 9.84 Å². The van der Waals surface area contributed by atoms with E-state index in [1.165, 1.54) is 30.5 Å². The summed E-state index contributed by atoms with van der Waals surface area (Å²) >= 11 is 0. The maximum Gasteiger partial charge on any atom is 0.335 e. The van der Waals surface area contributed by atoms with Crippen molar-refractivity contribution in [2.24, 2.45) is 0 Å². The van der Waals surface area contributed by atoms with Crippen LogP contribution in [0.1, 0.15) is 16.8 Å². The van der Waals surface area contributed by atoms with Crippen LogP contribution in [0.15, 0.2) is 36.0 Å². The predicted octanol–water partition coefficient (Wildman–Crippen LogP) is 0.507. The van der Waals surface area contributed by atoms with Gasteiger partial charge in [-0.1, -0.05) is 6.07 Å². The molecule has 3 N–H and O–H groups in total. The van der Waals surface area contributed by atoms with E-state index in [0.717, 1.165) is 0 Å². The Kier molecular flexibility index (Phi) is 5.21. The molecule has 24 heavy (non-hydrogen) atoms. The Bertz CT molecular complexity index is 839. The minimum Gasteiger partial charge on any atom is -0.478 e. The molecule has 1 saturated heterocycles. The SMILES string of the molecule is N#C/C(=C/NC1CCS(=O)(=O)C1)C(=O)Nc1cccc(C(=O)O)c1. The normalized spacial score (nSPS) is 19.3. The average molecular weight is 349 g/mol. The number of carboxylic acid groups (broad SMARTS) is 1. The third-order valence-electron chi connectivity index (χ3n) is 3.43. The summed E-state index contributed by atoms with van der Waals surface area (Å²) in [5, 5.41) is 23.2. The van der Waals surface area contributed by atoms with Crippen LogP contribution in [0.4, 0.5) is 5.69 Å². The minimum atomic E-state index is -3.06. The quantitative estimate of drug-likeness (QED) is 0.520. The average Bonchev–Trinajstić information content (AvgIpc) is 2.87. The summed E-state index contributed by atoms with van der Waals surface area (Å²) in [4.78, 5) is 22.9. The van der Waals surface area contributed by atoms with Gasteiger partial charge in [-0.25, -0.2) is 13.2 Å². The second kappa shape index (κ2) is 7.14. The lowest BCUT2D eigenvalue weighted by molar-refractivity contribution is -0.112. The zero-order valence-electron chi connectivity index (χ0n) is 12.5. The maximum absolute atomic E-state index is 12.0. The highest BCUT2D eigenvalue weighted by molar-refractivity contribution is 7.91. The predicted molar refractivity (Wildman–Crippen MR) is 85.9 cm³/mol. The van der Waals surface area contributed by atoms with E-state index in [1.54, 1.807) is 6.07 Å². The van der Waals surface area contributed by atoms with Crippen LogP contribution in [0.25, 0.3) is 0 Å². The van der Waals surface area contributed by atoms with Crippen LogP contribution in [-0.4, -0.2) is 42.9 Å². The van der Waals surface area contributed by atoms with Crippen molar-refractivity contribution < 1.29 is 23.1 Å². The smallest absolute Gasteiger partial charge is 0.335 e. The van der Waals surface area contributed by atoms with E-state index in [0.29, 0.717) is 6.42 Å². The van der Waals surface area contributed by atoms with Crippen LogP contribution < -0.4 is 10.6 Å². The zero-order chi connectivity index (χ0) is 17.7. The molecule has 1 aromatic rings. The minimum absolute atomic E-state index is 0.00424. The van der Waals surface area contributed by atoms with Crippen LogP contribution in [0, 0.1) is 11.3 Å². The van der Waals surface area contributed by atoms with Gasteiger partial charge in [0.1, 0.15) is 11.6 Å². The largest absolute Gasteiger partial charge is 0.478 e. The summed E-state index contributed by atoms with van der Waals surface area (Å²) < 4.78 is 22.7. The molecule has 0 bridgehead atoms. The van der Waals surface area contributed by atoms with Gasteiger partial charge in [0.2, 0.25) is 0 Å². The van der Waals surface area contributed by atoms with Crippen LogP contribution >= 0.6 is 0 Å². The first-order valence-corrected chi connectivity index (χ1v) is 8.84. The molecule has 0 aliphatic carbocycles. The number of benzene rings is 1. The van der Waals surface area contributed by atoms with Crippen molar-refractivity contribution in [2.45, 2.75) is 12.5 Å². The molecule has 1 fully saturated rings. The number of carbonyl (C=O) groups is 2. The number of hydrogen-bond acceptors (Lipinski definition) is 6. The van der Waals surface area contributed by atoms with Crippen molar-refractivity contribution in [1.82, 2.24) is 5.32 Å². The number of rotatable bonds is 5. The number of nitrogens with zero attached hydrogens (tertiary/aromatic N) is 1. The molecule has 0 aromatic heterocycles. The first-order chi connectivity index (χ1) is 11.3. The molecule has 8 nitrogen and oxygen atoms in total. The van der Waals surface area contributed by atoms with Crippen molar-refractivity contribution in [3.8, 4) is 6.07 Å². The highest BCUT2D eigenvalue weighted by Crippen LogP contribution is 2.13. The van der Waals surface area contributed by atoms with E-state index >= 15 is 0 Å². The monoisotopic (exact) mass is 349 g/mol. The van der Waals surface area contributed by atoms with Gasteiger partial charge in [0.25, 0.3) is 5.91 Å². The molecule has 0 saturated carbocycles. The lowest BCUT2D eigenvalue weighted by atomic mass is 10.2. The van der Waals surface area contributed by atoms with E-state index < -0.39 is 21.7 Å². The molecule has 1 heterocycles. The fourth-order valence-electron chi connectivity index (χ4n) is 2.20. The molecule has 9 heteroatoms. The highest BCUT2D eigenvalue weighted by Gasteiger charge is 2.27. The Labute approximate surface area is 138 Å². The first-order valence-electron chi connectivity index (χ1n) is 7.02. The molecule has 1 unspecified atom stereocenters. The Morgan fingerprint density at radius 3 is 2.71 bits per heavy atom. The number of nitriles is 1. The number of carboxylic acids is 1. The standard InChI is InChI=1S/C15H15N3O5S/c16-7-11(8-17-13-4-5-24(22,23)9-13)14(19)18-12-3-1-2-10(6-12)15(20)21/h1-3,6,8,13,17H,4-5,9H2,(H,18,19)(H,20,21)/b11-8-. The number of hydrogen-bond donors (Lipinski definition) is 3. The van der Waals surface area contributed by atoms with Crippen molar-refractivity contribution in [2.75, 3.05) is 16.8 Å². The van der Waals surface area contributed by atoms with Crippen molar-refractivity contribution >= 4 is 27.4 Å². The molecule has 0 radical (unpaired) electrons. The van der Waals surface area contributed by atoms with Gasteiger partial charge in [-0.05, 0) is 24.6 Å². The molecule has 1 aromatic carbocycles. The summed E-state index contributed by atoms with van der Waals surface area (Å²) in [7, 11) is -3.06. The van der Waals surface area contributed by atoms with E-state index in [1.807, 2.05) is 0 Å².